The Morgan fingerprint density at radius 3 is 2.04 bits per heavy atom. The fourth-order valence-corrected chi connectivity index (χ4v) is 9.27. The van der Waals surface area contributed by atoms with Crippen molar-refractivity contribution in [3.05, 3.63) is 71.4 Å². The van der Waals surface area contributed by atoms with E-state index < -0.39 is 35.1 Å². The first-order valence-electron chi connectivity index (χ1n) is 16.6. The molecule has 13 heteroatoms. The topological polar surface area (TPSA) is 169 Å². The molecule has 1 aliphatic heterocycles. The number of carboxylic acid groups (broad SMARTS) is 1. The second-order valence-electron chi connectivity index (χ2n) is 13.8. The predicted molar refractivity (Wildman–Crippen MR) is 179 cm³/mol. The lowest BCUT2D eigenvalue weighted by Crippen LogP contribution is -2.70. The van der Waals surface area contributed by atoms with Crippen LogP contribution in [0.2, 0.25) is 0 Å². The number of hydrazine groups is 1. The standard InChI is InChI=1S/C37H35N5O8/c1-18(43)39-42-34(45)24-7-4-6-23-27(11-10-25(31(23)24)35(42)46)41-28(32-29(49-2)8-5-9-30(32)50-3)17-26(40-41)33(44)38-37(36(47)48)21-13-19-12-20(15-21)16-22(37)14-19/h4-11,17,19-22H,12-16H2,1-3H3,(H,38,44)(H,39,43)(H,47,48). The van der Waals surface area contributed by atoms with E-state index in [4.69, 9.17) is 14.6 Å². The Kier molecular flexibility index (Phi) is 7.21. The first-order valence-corrected chi connectivity index (χ1v) is 16.6. The fourth-order valence-electron chi connectivity index (χ4n) is 9.27. The van der Waals surface area contributed by atoms with Crippen LogP contribution in [0.3, 0.4) is 0 Å². The van der Waals surface area contributed by atoms with Crippen molar-refractivity contribution in [1.29, 1.82) is 0 Å². The van der Waals surface area contributed by atoms with Crippen LogP contribution in [0.4, 0.5) is 0 Å². The van der Waals surface area contributed by atoms with Gasteiger partial charge in [-0.15, -0.1) is 0 Å². The van der Waals surface area contributed by atoms with Crippen molar-refractivity contribution in [3.63, 3.8) is 0 Å². The number of carbonyl (C=O) groups is 5. The maximum atomic E-state index is 14.3. The van der Waals surface area contributed by atoms with Crippen LogP contribution in [0.15, 0.2) is 54.6 Å². The molecule has 0 atom stereocenters. The van der Waals surface area contributed by atoms with E-state index in [1.165, 1.54) is 25.8 Å². The number of ether oxygens (including phenoxy) is 2. The number of nitrogens with zero attached hydrogens (tertiary/aromatic N) is 3. The van der Waals surface area contributed by atoms with Crippen LogP contribution in [0.1, 0.15) is 70.2 Å². The lowest BCUT2D eigenvalue weighted by molar-refractivity contribution is -0.163. The molecule has 0 saturated heterocycles. The zero-order valence-electron chi connectivity index (χ0n) is 27.7. The molecule has 4 saturated carbocycles. The van der Waals surface area contributed by atoms with E-state index >= 15 is 0 Å². The first kappa shape index (κ1) is 31.5. The summed E-state index contributed by atoms with van der Waals surface area (Å²) in [4.78, 5) is 66.1. The minimum Gasteiger partial charge on any atom is -0.496 e. The van der Waals surface area contributed by atoms with Crippen molar-refractivity contribution in [1.82, 2.24) is 25.5 Å². The molecule has 0 spiro atoms. The van der Waals surface area contributed by atoms with Crippen molar-refractivity contribution in [2.45, 2.75) is 44.6 Å². The Labute approximate surface area is 286 Å². The molecule has 4 amide bonds. The molecule has 50 heavy (non-hydrogen) atoms. The largest absolute Gasteiger partial charge is 0.496 e. The summed E-state index contributed by atoms with van der Waals surface area (Å²) in [5.74, 6) is -2.08. The van der Waals surface area contributed by atoms with Crippen LogP contribution in [-0.2, 0) is 9.59 Å². The summed E-state index contributed by atoms with van der Waals surface area (Å²) >= 11 is 0. The van der Waals surface area contributed by atoms with Crippen LogP contribution >= 0.6 is 0 Å². The van der Waals surface area contributed by atoms with Crippen molar-refractivity contribution in [2.24, 2.45) is 23.7 Å². The molecular weight excluding hydrogens is 642 g/mol. The number of amides is 4. The van der Waals surface area contributed by atoms with Gasteiger partial charge in [-0.1, -0.05) is 18.2 Å². The molecule has 4 aliphatic carbocycles. The van der Waals surface area contributed by atoms with Gasteiger partial charge in [-0.25, -0.2) is 9.48 Å². The molecule has 3 aromatic carbocycles. The quantitative estimate of drug-likeness (QED) is 0.229. The molecule has 4 bridgehead atoms. The summed E-state index contributed by atoms with van der Waals surface area (Å²) in [6, 6.07) is 15.0. The van der Waals surface area contributed by atoms with E-state index in [1.807, 2.05) is 0 Å². The van der Waals surface area contributed by atoms with Crippen LogP contribution in [-0.4, -0.2) is 69.3 Å². The van der Waals surface area contributed by atoms with Gasteiger partial charge in [0.1, 0.15) is 17.0 Å². The average Bonchev–Trinajstić information content (AvgIpc) is 3.54. The summed E-state index contributed by atoms with van der Waals surface area (Å²) in [5, 5.41) is 20.0. The number of aliphatic carboxylic acids is 1. The number of hydrogen-bond acceptors (Lipinski definition) is 8. The number of nitrogens with one attached hydrogen (secondary N) is 2. The van der Waals surface area contributed by atoms with Crippen LogP contribution in [0.5, 0.6) is 11.5 Å². The number of carbonyl (C=O) groups excluding carboxylic acids is 4. The van der Waals surface area contributed by atoms with Crippen molar-refractivity contribution >= 4 is 40.4 Å². The Morgan fingerprint density at radius 1 is 0.860 bits per heavy atom. The second-order valence-corrected chi connectivity index (χ2v) is 13.8. The van der Waals surface area contributed by atoms with E-state index in [0.29, 0.717) is 56.1 Å². The molecular formula is C37H35N5O8. The highest BCUT2D eigenvalue weighted by Gasteiger charge is 2.62. The van der Waals surface area contributed by atoms with E-state index in [0.717, 1.165) is 32.1 Å². The molecule has 256 valence electrons. The SMILES string of the molecule is COc1cccc(OC)c1-c1cc(C(=O)NC2(C(=O)O)C3CC4CC(C3)CC2C4)nn1-c1ccc2c3c(cccc13)C(=O)N(NC(C)=O)C2=O. The maximum Gasteiger partial charge on any atom is 0.330 e. The summed E-state index contributed by atoms with van der Waals surface area (Å²) in [6.07, 6.45) is 4.22. The zero-order chi connectivity index (χ0) is 35.1. The highest BCUT2D eigenvalue weighted by Crippen LogP contribution is 2.58. The minimum absolute atomic E-state index is 0.0214. The summed E-state index contributed by atoms with van der Waals surface area (Å²) in [6.45, 7) is 1.21. The number of imide groups is 1. The third kappa shape index (κ3) is 4.52. The zero-order valence-corrected chi connectivity index (χ0v) is 27.7. The number of benzene rings is 3. The van der Waals surface area contributed by atoms with E-state index in [2.05, 4.69) is 10.7 Å². The van der Waals surface area contributed by atoms with E-state index in [-0.39, 0.29) is 28.7 Å². The Hall–Kier alpha value is -5.72. The third-order valence-electron chi connectivity index (χ3n) is 11.1. The van der Waals surface area contributed by atoms with Gasteiger partial charge >= 0.3 is 5.97 Å². The summed E-state index contributed by atoms with van der Waals surface area (Å²) < 4.78 is 13.0. The fraction of sp³-hybridized carbons (Fsp3) is 0.351. The second kappa shape index (κ2) is 11.4. The number of methoxy groups -OCH3 is 2. The van der Waals surface area contributed by atoms with Gasteiger partial charge in [-0.05, 0) is 92.2 Å². The molecule has 4 fully saturated rings. The molecule has 2 heterocycles. The van der Waals surface area contributed by atoms with Crippen LogP contribution < -0.4 is 20.2 Å². The number of carboxylic acids is 1. The molecule has 1 aromatic heterocycles. The van der Waals surface area contributed by atoms with E-state index in [9.17, 15) is 29.1 Å². The van der Waals surface area contributed by atoms with Crippen molar-refractivity contribution in [3.8, 4) is 28.4 Å². The lowest BCUT2D eigenvalue weighted by atomic mass is 9.48. The van der Waals surface area contributed by atoms with Gasteiger partial charge in [0, 0.05) is 17.7 Å². The molecule has 9 rings (SSSR count). The molecule has 4 aromatic rings. The Bertz CT molecular complexity index is 2080. The third-order valence-corrected chi connectivity index (χ3v) is 11.1. The van der Waals surface area contributed by atoms with Gasteiger partial charge in [0.25, 0.3) is 17.7 Å². The summed E-state index contributed by atoms with van der Waals surface area (Å²) in [5.41, 5.74) is 2.60. The van der Waals surface area contributed by atoms with Crippen LogP contribution in [0.25, 0.3) is 27.7 Å². The average molecular weight is 678 g/mol. The monoisotopic (exact) mass is 677 g/mol. The molecule has 5 aliphatic rings. The van der Waals surface area contributed by atoms with Gasteiger partial charge in [-0.3, -0.25) is 24.6 Å². The summed E-state index contributed by atoms with van der Waals surface area (Å²) in [7, 11) is 3.02. The van der Waals surface area contributed by atoms with Gasteiger partial charge in [0.2, 0.25) is 5.91 Å². The van der Waals surface area contributed by atoms with Gasteiger partial charge in [0.05, 0.1) is 42.3 Å². The molecule has 0 radical (unpaired) electrons. The molecule has 13 nitrogen and oxygen atoms in total. The van der Waals surface area contributed by atoms with Crippen molar-refractivity contribution < 1.29 is 38.6 Å². The Balaban J connectivity index is 1.30. The highest BCUT2D eigenvalue weighted by molar-refractivity contribution is 6.26. The van der Waals surface area contributed by atoms with Crippen LogP contribution in [0, 0.1) is 23.7 Å². The van der Waals surface area contributed by atoms with Gasteiger partial charge in [-0.2, -0.15) is 10.1 Å². The first-order chi connectivity index (χ1) is 24.0. The van der Waals surface area contributed by atoms with Gasteiger partial charge < -0.3 is 19.9 Å². The minimum atomic E-state index is -1.39. The Morgan fingerprint density at radius 2 is 1.46 bits per heavy atom. The highest BCUT2D eigenvalue weighted by atomic mass is 16.5. The van der Waals surface area contributed by atoms with E-state index in [1.54, 1.807) is 54.6 Å². The van der Waals surface area contributed by atoms with Crippen molar-refractivity contribution in [2.75, 3.05) is 14.2 Å². The number of aromatic nitrogens is 2. The number of rotatable bonds is 8. The lowest BCUT2D eigenvalue weighted by Gasteiger charge is -2.59. The molecule has 0 unspecified atom stereocenters. The number of hydrogen-bond donors (Lipinski definition) is 3. The predicted octanol–water partition coefficient (Wildman–Crippen LogP) is 4.37. The smallest absolute Gasteiger partial charge is 0.330 e. The maximum absolute atomic E-state index is 14.3. The van der Waals surface area contributed by atoms with Gasteiger partial charge in [0.15, 0.2) is 5.69 Å². The normalized spacial score (nSPS) is 24.7. The molecule has 3 N–H and O–H groups in total.